The lowest BCUT2D eigenvalue weighted by atomic mass is 10.0. The number of unbranched alkanes of at least 4 members (excludes halogenated alkanes) is 1. The summed E-state index contributed by atoms with van der Waals surface area (Å²) in [6.07, 6.45) is 2.06. The first-order valence-corrected chi connectivity index (χ1v) is 8.25. The van der Waals surface area contributed by atoms with Gasteiger partial charge in [0.25, 0.3) is 10.1 Å². The van der Waals surface area contributed by atoms with E-state index in [1.54, 1.807) is 0 Å². The molecule has 0 bridgehead atoms. The summed E-state index contributed by atoms with van der Waals surface area (Å²) in [5.74, 6) is -0.158. The lowest BCUT2D eigenvalue weighted by Crippen LogP contribution is -2.03. The summed E-state index contributed by atoms with van der Waals surface area (Å²) in [6.45, 7) is 0. The molecule has 1 N–H and O–H groups in total. The Kier molecular flexibility index (Phi) is 4.93. The van der Waals surface area contributed by atoms with E-state index in [-0.39, 0.29) is 5.75 Å². The van der Waals surface area contributed by atoms with Gasteiger partial charge in [-0.1, -0.05) is 54.6 Å². The van der Waals surface area contributed by atoms with E-state index in [0.29, 0.717) is 6.42 Å². The second kappa shape index (κ2) is 6.68. The first-order chi connectivity index (χ1) is 9.54. The Morgan fingerprint density at radius 1 is 0.800 bits per heavy atom. The molecular weight excluding hydrogens is 272 g/mol. The highest BCUT2D eigenvalue weighted by Crippen LogP contribution is 2.19. The molecule has 0 aliphatic carbocycles. The molecule has 0 aliphatic heterocycles. The van der Waals surface area contributed by atoms with Crippen LogP contribution in [0.1, 0.15) is 18.4 Å². The predicted molar refractivity (Wildman–Crippen MR) is 81.2 cm³/mol. The second-order valence-corrected chi connectivity index (χ2v) is 6.38. The van der Waals surface area contributed by atoms with Gasteiger partial charge in [0.1, 0.15) is 0 Å². The summed E-state index contributed by atoms with van der Waals surface area (Å²) in [5, 5.41) is 0. The summed E-state index contributed by atoms with van der Waals surface area (Å²) in [5.41, 5.74) is 3.54. The summed E-state index contributed by atoms with van der Waals surface area (Å²) in [7, 11) is -3.82. The lowest BCUT2D eigenvalue weighted by molar-refractivity contribution is 0.480. The fraction of sp³-hybridized carbons (Fsp3) is 0.250. The maximum atomic E-state index is 10.6. The van der Waals surface area contributed by atoms with Crippen LogP contribution in [-0.4, -0.2) is 18.7 Å². The van der Waals surface area contributed by atoms with E-state index in [2.05, 4.69) is 36.4 Å². The minimum Gasteiger partial charge on any atom is -0.286 e. The normalized spacial score (nSPS) is 11.4. The van der Waals surface area contributed by atoms with Crippen molar-refractivity contribution in [2.45, 2.75) is 19.3 Å². The molecule has 0 atom stereocenters. The highest BCUT2D eigenvalue weighted by atomic mass is 32.2. The first kappa shape index (κ1) is 14.8. The van der Waals surface area contributed by atoms with Gasteiger partial charge in [-0.3, -0.25) is 4.55 Å². The standard InChI is InChI=1S/C16H18O3S/c17-20(18,19)13-5-4-6-14-9-11-16(12-10-14)15-7-2-1-3-8-15/h1-3,7-12H,4-6,13H2,(H,17,18,19). The molecule has 0 saturated carbocycles. The maximum absolute atomic E-state index is 10.6. The number of rotatable bonds is 6. The van der Waals surface area contributed by atoms with Crippen molar-refractivity contribution in [1.82, 2.24) is 0 Å². The molecule has 0 aliphatic rings. The van der Waals surface area contributed by atoms with Crippen molar-refractivity contribution in [3.05, 3.63) is 60.2 Å². The van der Waals surface area contributed by atoms with Crippen molar-refractivity contribution < 1.29 is 13.0 Å². The van der Waals surface area contributed by atoms with Gasteiger partial charge in [0, 0.05) is 0 Å². The van der Waals surface area contributed by atoms with Crippen molar-refractivity contribution in [2.75, 3.05) is 5.75 Å². The third-order valence-corrected chi connectivity index (χ3v) is 3.98. The molecule has 0 amide bonds. The van der Waals surface area contributed by atoms with Gasteiger partial charge in [-0.15, -0.1) is 0 Å². The van der Waals surface area contributed by atoms with Crippen molar-refractivity contribution in [3.63, 3.8) is 0 Å². The van der Waals surface area contributed by atoms with Gasteiger partial charge in [-0.05, 0) is 36.0 Å². The fourth-order valence-electron chi connectivity index (χ4n) is 2.11. The quantitative estimate of drug-likeness (QED) is 0.653. The van der Waals surface area contributed by atoms with Crippen LogP contribution in [-0.2, 0) is 16.5 Å². The number of aryl methyl sites for hydroxylation is 1. The fourth-order valence-corrected chi connectivity index (χ4v) is 2.68. The first-order valence-electron chi connectivity index (χ1n) is 6.64. The average molecular weight is 290 g/mol. The minimum atomic E-state index is -3.82. The van der Waals surface area contributed by atoms with Crippen molar-refractivity contribution in [1.29, 1.82) is 0 Å². The Labute approximate surface area is 120 Å². The van der Waals surface area contributed by atoms with Gasteiger partial charge in [0.05, 0.1) is 5.75 Å². The van der Waals surface area contributed by atoms with Crippen molar-refractivity contribution >= 4 is 10.1 Å². The molecule has 0 radical (unpaired) electrons. The second-order valence-electron chi connectivity index (χ2n) is 4.81. The zero-order chi connectivity index (χ0) is 14.4. The summed E-state index contributed by atoms with van der Waals surface area (Å²) in [6, 6.07) is 18.4. The molecule has 0 fully saturated rings. The van der Waals surface area contributed by atoms with E-state index in [4.69, 9.17) is 4.55 Å². The average Bonchev–Trinajstić information content (AvgIpc) is 2.44. The highest BCUT2D eigenvalue weighted by molar-refractivity contribution is 7.85. The monoisotopic (exact) mass is 290 g/mol. The smallest absolute Gasteiger partial charge is 0.264 e. The molecule has 20 heavy (non-hydrogen) atoms. The van der Waals surface area contributed by atoms with E-state index in [1.807, 2.05) is 18.2 Å². The van der Waals surface area contributed by atoms with Crippen LogP contribution in [0, 0.1) is 0 Å². The van der Waals surface area contributed by atoms with Gasteiger partial charge >= 0.3 is 0 Å². The van der Waals surface area contributed by atoms with Crippen LogP contribution in [0.4, 0.5) is 0 Å². The van der Waals surface area contributed by atoms with Gasteiger partial charge in [-0.25, -0.2) is 0 Å². The van der Waals surface area contributed by atoms with Crippen molar-refractivity contribution in [2.24, 2.45) is 0 Å². The van der Waals surface area contributed by atoms with Crippen LogP contribution in [0.3, 0.4) is 0 Å². The molecule has 0 saturated heterocycles. The van der Waals surface area contributed by atoms with Crippen LogP contribution in [0.2, 0.25) is 0 Å². The molecule has 2 aromatic rings. The van der Waals surface area contributed by atoms with E-state index in [9.17, 15) is 8.42 Å². The summed E-state index contributed by atoms with van der Waals surface area (Å²) >= 11 is 0. The van der Waals surface area contributed by atoms with E-state index < -0.39 is 10.1 Å². The maximum Gasteiger partial charge on any atom is 0.264 e. The third-order valence-electron chi connectivity index (χ3n) is 3.18. The molecule has 2 rings (SSSR count). The molecule has 0 aromatic heterocycles. The van der Waals surface area contributed by atoms with Crippen molar-refractivity contribution in [3.8, 4) is 11.1 Å². The van der Waals surface area contributed by atoms with Crippen LogP contribution < -0.4 is 0 Å². The predicted octanol–water partition coefficient (Wildman–Crippen LogP) is 3.56. The number of hydrogen-bond donors (Lipinski definition) is 1. The largest absolute Gasteiger partial charge is 0.286 e. The third kappa shape index (κ3) is 4.79. The molecule has 0 unspecified atom stereocenters. The number of benzene rings is 2. The molecule has 106 valence electrons. The van der Waals surface area contributed by atoms with Gasteiger partial charge in [-0.2, -0.15) is 8.42 Å². The Bertz CT molecular complexity index is 631. The Hall–Kier alpha value is -1.65. The van der Waals surface area contributed by atoms with E-state index in [0.717, 1.165) is 12.8 Å². The van der Waals surface area contributed by atoms with E-state index in [1.165, 1.54) is 16.7 Å². The highest BCUT2D eigenvalue weighted by Gasteiger charge is 2.03. The van der Waals surface area contributed by atoms with Crippen LogP contribution in [0.15, 0.2) is 54.6 Å². The Morgan fingerprint density at radius 3 is 2.00 bits per heavy atom. The molecular formula is C16H18O3S. The summed E-state index contributed by atoms with van der Waals surface area (Å²) < 4.78 is 29.8. The molecule has 4 heteroatoms. The Balaban J connectivity index is 1.89. The van der Waals surface area contributed by atoms with Gasteiger partial charge in [0.2, 0.25) is 0 Å². The molecule has 2 aromatic carbocycles. The Morgan fingerprint density at radius 2 is 1.40 bits per heavy atom. The lowest BCUT2D eigenvalue weighted by Gasteiger charge is -2.04. The summed E-state index contributed by atoms with van der Waals surface area (Å²) in [4.78, 5) is 0. The zero-order valence-corrected chi connectivity index (χ0v) is 12.0. The number of hydrogen-bond acceptors (Lipinski definition) is 2. The minimum absolute atomic E-state index is 0.158. The molecule has 0 spiro atoms. The molecule has 0 heterocycles. The van der Waals surface area contributed by atoms with Crippen LogP contribution in [0.5, 0.6) is 0 Å². The van der Waals surface area contributed by atoms with Crippen LogP contribution >= 0.6 is 0 Å². The van der Waals surface area contributed by atoms with E-state index >= 15 is 0 Å². The van der Waals surface area contributed by atoms with Gasteiger partial charge in [0.15, 0.2) is 0 Å². The van der Waals surface area contributed by atoms with Gasteiger partial charge < -0.3 is 0 Å². The van der Waals surface area contributed by atoms with Crippen LogP contribution in [0.25, 0.3) is 11.1 Å². The zero-order valence-electron chi connectivity index (χ0n) is 11.2. The molecule has 3 nitrogen and oxygen atoms in total. The topological polar surface area (TPSA) is 54.4 Å². The SMILES string of the molecule is O=S(=O)(O)CCCCc1ccc(-c2ccccc2)cc1.